The summed E-state index contributed by atoms with van der Waals surface area (Å²) in [5.74, 6) is -2.23. The Kier molecular flexibility index (Phi) is 4.39. The number of hydrogen-bond acceptors (Lipinski definition) is 4. The van der Waals surface area contributed by atoms with E-state index in [0.29, 0.717) is 23.6 Å². The quantitative estimate of drug-likeness (QED) is 0.760. The fraction of sp³-hybridized carbons (Fsp3) is 0.300. The first-order valence-electron chi connectivity index (χ1n) is 8.81. The van der Waals surface area contributed by atoms with E-state index < -0.39 is 5.92 Å². The molecule has 0 spiro atoms. The van der Waals surface area contributed by atoms with E-state index in [9.17, 15) is 13.6 Å². The minimum Gasteiger partial charge on any atom is -0.460 e. The molecule has 3 heterocycles. The minimum absolute atomic E-state index is 0.0617. The van der Waals surface area contributed by atoms with Crippen molar-refractivity contribution in [3.8, 4) is 11.3 Å². The summed E-state index contributed by atoms with van der Waals surface area (Å²) in [7, 11) is 0. The van der Waals surface area contributed by atoms with Gasteiger partial charge < -0.3 is 15.1 Å². The van der Waals surface area contributed by atoms with Crippen molar-refractivity contribution < 1.29 is 18.0 Å². The number of aromatic nitrogens is 1. The van der Waals surface area contributed by atoms with Crippen LogP contribution in [0.2, 0.25) is 0 Å². The standard InChI is InChI=1S/C20H19F2N3O2/c21-20(22)5-7-25(8-6-20)19(26)15-3-4-17(24-12-15)13-1-2-14-9-16(11-23)27-18(14)10-13/h1-4,9-10,12H,5-8,11,23H2. The summed E-state index contributed by atoms with van der Waals surface area (Å²) >= 11 is 0. The highest BCUT2D eigenvalue weighted by molar-refractivity contribution is 5.94. The van der Waals surface area contributed by atoms with Gasteiger partial charge in [0.2, 0.25) is 0 Å². The molecule has 1 aromatic carbocycles. The fourth-order valence-electron chi connectivity index (χ4n) is 3.26. The van der Waals surface area contributed by atoms with Crippen LogP contribution < -0.4 is 5.73 Å². The minimum atomic E-state index is -2.67. The van der Waals surface area contributed by atoms with Crippen molar-refractivity contribution in [1.82, 2.24) is 9.88 Å². The number of piperidine rings is 1. The van der Waals surface area contributed by atoms with Gasteiger partial charge >= 0.3 is 0 Å². The normalized spacial score (nSPS) is 16.6. The van der Waals surface area contributed by atoms with Gasteiger partial charge in [-0.2, -0.15) is 0 Å². The molecule has 140 valence electrons. The maximum atomic E-state index is 13.3. The Morgan fingerprint density at radius 2 is 1.96 bits per heavy atom. The molecule has 1 fully saturated rings. The third-order valence-electron chi connectivity index (χ3n) is 4.86. The number of carbonyl (C=O) groups excluding carboxylic acids is 1. The largest absolute Gasteiger partial charge is 0.460 e. The van der Waals surface area contributed by atoms with Gasteiger partial charge in [-0.15, -0.1) is 0 Å². The van der Waals surface area contributed by atoms with Crippen molar-refractivity contribution in [1.29, 1.82) is 0 Å². The number of hydrogen-bond donors (Lipinski definition) is 1. The average Bonchev–Trinajstić information content (AvgIpc) is 3.10. The maximum absolute atomic E-state index is 13.3. The number of carbonyl (C=O) groups is 1. The van der Waals surface area contributed by atoms with Crippen molar-refractivity contribution in [2.45, 2.75) is 25.3 Å². The van der Waals surface area contributed by atoms with Crippen LogP contribution in [0.4, 0.5) is 8.78 Å². The Hall–Kier alpha value is -2.80. The van der Waals surface area contributed by atoms with Gasteiger partial charge in [-0.3, -0.25) is 9.78 Å². The first-order valence-corrected chi connectivity index (χ1v) is 8.81. The van der Waals surface area contributed by atoms with E-state index in [0.717, 1.165) is 16.5 Å². The number of fused-ring (bicyclic) bond motifs is 1. The Balaban J connectivity index is 1.52. The van der Waals surface area contributed by atoms with E-state index >= 15 is 0 Å². The number of furan rings is 1. The van der Waals surface area contributed by atoms with E-state index in [1.54, 1.807) is 12.1 Å². The average molecular weight is 371 g/mol. The zero-order valence-corrected chi connectivity index (χ0v) is 14.6. The Morgan fingerprint density at radius 3 is 2.63 bits per heavy atom. The number of alkyl halides is 2. The van der Waals surface area contributed by atoms with Crippen molar-refractivity contribution in [2.24, 2.45) is 5.73 Å². The summed E-state index contributed by atoms with van der Waals surface area (Å²) in [5, 5.41) is 0.966. The lowest BCUT2D eigenvalue weighted by Crippen LogP contribution is -2.42. The number of likely N-dealkylation sites (tertiary alicyclic amines) is 1. The second-order valence-electron chi connectivity index (χ2n) is 6.75. The second-order valence-corrected chi connectivity index (χ2v) is 6.75. The van der Waals surface area contributed by atoms with Crippen molar-refractivity contribution in [2.75, 3.05) is 13.1 Å². The molecule has 4 rings (SSSR count). The molecule has 0 saturated carbocycles. The van der Waals surface area contributed by atoms with Gasteiger partial charge in [-0.05, 0) is 24.3 Å². The predicted octanol–water partition coefficient (Wildman–Crippen LogP) is 3.82. The van der Waals surface area contributed by atoms with E-state index in [1.807, 2.05) is 24.3 Å². The molecule has 5 nitrogen and oxygen atoms in total. The smallest absolute Gasteiger partial charge is 0.255 e. The maximum Gasteiger partial charge on any atom is 0.255 e. The molecule has 1 saturated heterocycles. The molecule has 0 radical (unpaired) electrons. The SMILES string of the molecule is NCc1cc2ccc(-c3ccc(C(=O)N4CCC(F)(F)CC4)cn3)cc2o1. The molecule has 27 heavy (non-hydrogen) atoms. The van der Waals surface area contributed by atoms with Crippen LogP contribution in [0.25, 0.3) is 22.2 Å². The lowest BCUT2D eigenvalue weighted by atomic mass is 10.1. The predicted molar refractivity (Wildman–Crippen MR) is 97.4 cm³/mol. The van der Waals surface area contributed by atoms with Crippen LogP contribution in [0.3, 0.4) is 0 Å². The molecule has 1 amide bonds. The summed E-state index contributed by atoms with van der Waals surface area (Å²) in [6.45, 7) is 0.458. The Morgan fingerprint density at radius 1 is 1.19 bits per heavy atom. The number of rotatable bonds is 3. The van der Waals surface area contributed by atoms with Crippen LogP contribution in [-0.4, -0.2) is 34.8 Å². The number of halogens is 2. The van der Waals surface area contributed by atoms with Crippen LogP contribution in [0, 0.1) is 0 Å². The first kappa shape index (κ1) is 17.6. The highest BCUT2D eigenvalue weighted by Gasteiger charge is 2.35. The summed E-state index contributed by atoms with van der Waals surface area (Å²) in [6.07, 6.45) is 0.901. The van der Waals surface area contributed by atoms with Gasteiger partial charge in [-0.1, -0.05) is 12.1 Å². The fourth-order valence-corrected chi connectivity index (χ4v) is 3.26. The monoisotopic (exact) mass is 371 g/mol. The molecule has 2 N–H and O–H groups in total. The number of benzene rings is 1. The van der Waals surface area contributed by atoms with E-state index in [-0.39, 0.29) is 31.8 Å². The summed E-state index contributed by atoms with van der Waals surface area (Å²) < 4.78 is 32.2. The summed E-state index contributed by atoms with van der Waals surface area (Å²) in [6, 6.07) is 11.1. The molecule has 0 bridgehead atoms. The zero-order valence-electron chi connectivity index (χ0n) is 14.6. The summed E-state index contributed by atoms with van der Waals surface area (Å²) in [5.41, 5.74) is 8.28. The van der Waals surface area contributed by atoms with E-state index in [2.05, 4.69) is 4.98 Å². The van der Waals surface area contributed by atoms with E-state index in [4.69, 9.17) is 10.2 Å². The molecule has 1 aliphatic rings. The molecule has 7 heteroatoms. The first-order chi connectivity index (χ1) is 12.9. The molecule has 3 aromatic rings. The van der Waals surface area contributed by atoms with Crippen molar-refractivity contribution >= 4 is 16.9 Å². The van der Waals surface area contributed by atoms with Gasteiger partial charge in [0.05, 0.1) is 17.8 Å². The van der Waals surface area contributed by atoms with Crippen LogP contribution >= 0.6 is 0 Å². The van der Waals surface area contributed by atoms with Crippen molar-refractivity contribution in [3.05, 3.63) is 53.9 Å². The number of pyridine rings is 1. The van der Waals surface area contributed by atoms with Crippen LogP contribution in [0.1, 0.15) is 29.0 Å². The third kappa shape index (κ3) is 3.55. The molecule has 2 aromatic heterocycles. The van der Waals surface area contributed by atoms with Crippen molar-refractivity contribution in [3.63, 3.8) is 0 Å². The van der Waals surface area contributed by atoms with Crippen LogP contribution in [0.5, 0.6) is 0 Å². The molecular formula is C20H19F2N3O2. The Bertz CT molecular complexity index is 973. The number of amides is 1. The molecule has 0 aliphatic carbocycles. The second kappa shape index (κ2) is 6.74. The Labute approximate surface area is 154 Å². The van der Waals surface area contributed by atoms with Gasteiger partial charge in [-0.25, -0.2) is 8.78 Å². The highest BCUT2D eigenvalue weighted by Crippen LogP contribution is 2.29. The lowest BCUT2D eigenvalue weighted by Gasteiger charge is -2.31. The van der Waals surface area contributed by atoms with Gasteiger partial charge in [0, 0.05) is 43.1 Å². The topological polar surface area (TPSA) is 72.4 Å². The molecule has 1 aliphatic heterocycles. The van der Waals surface area contributed by atoms with Crippen LogP contribution in [0.15, 0.2) is 47.0 Å². The number of nitrogens with zero attached hydrogens (tertiary/aromatic N) is 2. The lowest BCUT2D eigenvalue weighted by molar-refractivity contribution is -0.0494. The third-order valence-corrected chi connectivity index (χ3v) is 4.86. The molecule has 0 unspecified atom stereocenters. The van der Waals surface area contributed by atoms with Crippen LogP contribution in [-0.2, 0) is 6.54 Å². The molecule has 0 atom stereocenters. The summed E-state index contributed by atoms with van der Waals surface area (Å²) in [4.78, 5) is 18.3. The van der Waals surface area contributed by atoms with E-state index in [1.165, 1.54) is 11.1 Å². The van der Waals surface area contributed by atoms with Gasteiger partial charge in [0.25, 0.3) is 11.8 Å². The highest BCUT2D eigenvalue weighted by atomic mass is 19.3. The number of nitrogens with two attached hydrogens (primary N) is 1. The molecular weight excluding hydrogens is 352 g/mol. The zero-order chi connectivity index (χ0) is 19.0. The van der Waals surface area contributed by atoms with Gasteiger partial charge in [0.1, 0.15) is 11.3 Å². The van der Waals surface area contributed by atoms with Gasteiger partial charge in [0.15, 0.2) is 0 Å².